The van der Waals surface area contributed by atoms with Crippen LogP contribution in [0.5, 0.6) is 0 Å². The van der Waals surface area contributed by atoms with Crippen LogP contribution in [0.1, 0.15) is 68.6 Å². The van der Waals surface area contributed by atoms with Gasteiger partial charge < -0.3 is 19.0 Å². The number of carbonyl (C=O) groups is 2. The van der Waals surface area contributed by atoms with Crippen molar-refractivity contribution in [2.75, 3.05) is 26.8 Å². The van der Waals surface area contributed by atoms with Gasteiger partial charge in [0, 0.05) is 33.2 Å². The topological polar surface area (TPSA) is 80.1 Å². The standard InChI is InChI=1S/C32H42N2O5/c1-4-5-6-7-11-15-30(35)33(18-12-19-38-3)23-31(36)34(21-26-13-9-8-10-14-26)22-27-24-39-29-17-16-25(2)20-28(29)32(27)37/h8-10,13-14,16-17,20,24H,4-7,11-12,15,18-19,21-23H2,1-3H3. The van der Waals surface area contributed by atoms with Crippen molar-refractivity contribution in [3.05, 3.63) is 81.7 Å². The molecule has 2 amide bonds. The zero-order chi connectivity index (χ0) is 28.0. The monoisotopic (exact) mass is 534 g/mol. The number of methoxy groups -OCH3 is 1. The molecule has 0 aliphatic carbocycles. The molecule has 1 heterocycles. The van der Waals surface area contributed by atoms with Crippen molar-refractivity contribution in [3.8, 4) is 0 Å². The maximum Gasteiger partial charge on any atom is 0.242 e. The van der Waals surface area contributed by atoms with Gasteiger partial charge in [-0.15, -0.1) is 0 Å². The first kappa shape index (κ1) is 30.1. The van der Waals surface area contributed by atoms with Gasteiger partial charge in [-0.2, -0.15) is 0 Å². The van der Waals surface area contributed by atoms with Crippen molar-refractivity contribution < 1.29 is 18.7 Å². The summed E-state index contributed by atoms with van der Waals surface area (Å²) >= 11 is 0. The molecule has 0 saturated carbocycles. The Bertz CT molecular complexity index is 1250. The molecule has 0 bridgehead atoms. The van der Waals surface area contributed by atoms with Gasteiger partial charge >= 0.3 is 0 Å². The van der Waals surface area contributed by atoms with Crippen molar-refractivity contribution in [2.24, 2.45) is 0 Å². The van der Waals surface area contributed by atoms with Crippen LogP contribution in [0.2, 0.25) is 0 Å². The number of hydrogen-bond donors (Lipinski definition) is 0. The first-order valence-corrected chi connectivity index (χ1v) is 14.0. The molecule has 3 aromatic rings. The second-order valence-corrected chi connectivity index (χ2v) is 10.2. The van der Waals surface area contributed by atoms with Gasteiger partial charge in [-0.1, -0.05) is 74.6 Å². The Morgan fingerprint density at radius 1 is 0.897 bits per heavy atom. The highest BCUT2D eigenvalue weighted by Gasteiger charge is 2.23. The van der Waals surface area contributed by atoms with E-state index in [0.717, 1.165) is 36.8 Å². The van der Waals surface area contributed by atoms with Crippen LogP contribution in [-0.4, -0.2) is 48.4 Å². The summed E-state index contributed by atoms with van der Waals surface area (Å²) in [6, 6.07) is 15.2. The number of hydrogen-bond acceptors (Lipinski definition) is 5. The molecule has 0 spiro atoms. The Hall–Kier alpha value is -3.45. The molecule has 0 saturated heterocycles. The Balaban J connectivity index is 1.80. The van der Waals surface area contributed by atoms with Crippen LogP contribution >= 0.6 is 0 Å². The molecule has 2 aromatic carbocycles. The quantitative estimate of drug-likeness (QED) is 0.215. The van der Waals surface area contributed by atoms with Crippen molar-refractivity contribution in [2.45, 2.75) is 71.9 Å². The molecule has 7 heteroatoms. The molecule has 0 unspecified atom stereocenters. The molecule has 0 aliphatic rings. The van der Waals surface area contributed by atoms with Crippen LogP contribution in [0.15, 0.2) is 64.0 Å². The summed E-state index contributed by atoms with van der Waals surface area (Å²) in [5, 5.41) is 0.499. The van der Waals surface area contributed by atoms with Gasteiger partial charge in [0.05, 0.1) is 30.3 Å². The van der Waals surface area contributed by atoms with Gasteiger partial charge in [-0.25, -0.2) is 0 Å². The summed E-state index contributed by atoms with van der Waals surface area (Å²) in [6.07, 6.45) is 7.79. The smallest absolute Gasteiger partial charge is 0.242 e. The third-order valence-electron chi connectivity index (χ3n) is 6.88. The minimum Gasteiger partial charge on any atom is -0.464 e. The molecular weight excluding hydrogens is 492 g/mol. The van der Waals surface area contributed by atoms with E-state index in [9.17, 15) is 14.4 Å². The fraction of sp³-hybridized carbons (Fsp3) is 0.469. The molecule has 39 heavy (non-hydrogen) atoms. The van der Waals surface area contributed by atoms with Crippen LogP contribution in [0, 0.1) is 6.92 Å². The number of fused-ring (bicyclic) bond motifs is 1. The lowest BCUT2D eigenvalue weighted by Gasteiger charge is -2.28. The minimum absolute atomic E-state index is 0.0173. The van der Waals surface area contributed by atoms with E-state index in [2.05, 4.69) is 6.92 Å². The van der Waals surface area contributed by atoms with Crippen molar-refractivity contribution in [1.82, 2.24) is 9.80 Å². The lowest BCUT2D eigenvalue weighted by atomic mass is 10.1. The van der Waals surface area contributed by atoms with Gasteiger partial charge in [0.25, 0.3) is 0 Å². The zero-order valence-corrected chi connectivity index (χ0v) is 23.6. The maximum atomic E-state index is 13.7. The Morgan fingerprint density at radius 2 is 1.67 bits per heavy atom. The molecule has 0 aliphatic heterocycles. The van der Waals surface area contributed by atoms with Crippen LogP contribution in [0.25, 0.3) is 11.0 Å². The predicted octanol–water partition coefficient (Wildman–Crippen LogP) is 5.86. The molecule has 3 rings (SSSR count). The summed E-state index contributed by atoms with van der Waals surface area (Å²) in [4.78, 5) is 43.4. The van der Waals surface area contributed by atoms with Gasteiger partial charge in [0.15, 0.2) is 5.43 Å². The van der Waals surface area contributed by atoms with Crippen LogP contribution in [-0.2, 0) is 27.4 Å². The largest absolute Gasteiger partial charge is 0.464 e. The lowest BCUT2D eigenvalue weighted by Crippen LogP contribution is -2.43. The molecule has 7 nitrogen and oxygen atoms in total. The Morgan fingerprint density at radius 3 is 2.41 bits per heavy atom. The molecule has 0 fully saturated rings. The first-order valence-electron chi connectivity index (χ1n) is 14.0. The number of unbranched alkanes of at least 4 members (excludes halogenated alkanes) is 4. The number of nitrogens with zero attached hydrogens (tertiary/aromatic N) is 2. The molecule has 0 atom stereocenters. The molecule has 0 N–H and O–H groups in total. The average molecular weight is 535 g/mol. The van der Waals surface area contributed by atoms with E-state index in [1.807, 2.05) is 49.4 Å². The number of rotatable bonds is 16. The number of benzene rings is 2. The van der Waals surface area contributed by atoms with E-state index in [1.54, 1.807) is 23.0 Å². The SMILES string of the molecule is CCCCCCCC(=O)N(CCCOC)CC(=O)N(Cc1ccccc1)Cc1coc2ccc(C)cc2c1=O. The summed E-state index contributed by atoms with van der Waals surface area (Å²) in [7, 11) is 1.63. The van der Waals surface area contributed by atoms with Crippen molar-refractivity contribution in [1.29, 1.82) is 0 Å². The fourth-order valence-corrected chi connectivity index (χ4v) is 4.63. The van der Waals surface area contributed by atoms with Gasteiger partial charge in [-0.05, 0) is 37.5 Å². The zero-order valence-electron chi connectivity index (χ0n) is 23.6. The number of carbonyl (C=O) groups excluding carboxylic acids is 2. The summed E-state index contributed by atoms with van der Waals surface area (Å²) in [5.41, 5.74) is 2.68. The van der Waals surface area contributed by atoms with Crippen molar-refractivity contribution >= 4 is 22.8 Å². The highest BCUT2D eigenvalue weighted by molar-refractivity contribution is 5.85. The lowest BCUT2D eigenvalue weighted by molar-refractivity contribution is -0.141. The third-order valence-corrected chi connectivity index (χ3v) is 6.88. The van der Waals surface area contributed by atoms with E-state index in [0.29, 0.717) is 49.1 Å². The number of ether oxygens (including phenoxy) is 1. The number of amides is 2. The van der Waals surface area contributed by atoms with E-state index < -0.39 is 0 Å². The van der Waals surface area contributed by atoms with Crippen LogP contribution in [0.4, 0.5) is 0 Å². The van der Waals surface area contributed by atoms with E-state index in [4.69, 9.17) is 9.15 Å². The summed E-state index contributed by atoms with van der Waals surface area (Å²) in [5.74, 6) is -0.226. The van der Waals surface area contributed by atoms with Crippen LogP contribution < -0.4 is 5.43 Å². The highest BCUT2D eigenvalue weighted by atomic mass is 16.5. The third kappa shape index (κ3) is 9.36. The predicted molar refractivity (Wildman–Crippen MR) is 154 cm³/mol. The molecular formula is C32H42N2O5. The number of aryl methyl sites for hydroxylation is 1. The first-order chi connectivity index (χ1) is 18.9. The highest BCUT2D eigenvalue weighted by Crippen LogP contribution is 2.16. The van der Waals surface area contributed by atoms with Crippen molar-refractivity contribution in [3.63, 3.8) is 0 Å². The normalized spacial score (nSPS) is 11.1. The molecule has 1 aromatic heterocycles. The Kier molecular flexibility index (Phi) is 12.2. The fourth-order valence-electron chi connectivity index (χ4n) is 4.63. The Labute approximate surface area is 231 Å². The van der Waals surface area contributed by atoms with E-state index >= 15 is 0 Å². The van der Waals surface area contributed by atoms with E-state index in [-0.39, 0.29) is 30.3 Å². The van der Waals surface area contributed by atoms with Gasteiger partial charge in [0.1, 0.15) is 5.58 Å². The maximum absolute atomic E-state index is 13.7. The van der Waals surface area contributed by atoms with Gasteiger partial charge in [0.2, 0.25) is 11.8 Å². The second-order valence-electron chi connectivity index (χ2n) is 10.2. The van der Waals surface area contributed by atoms with Gasteiger partial charge in [-0.3, -0.25) is 14.4 Å². The molecule has 210 valence electrons. The summed E-state index contributed by atoms with van der Waals surface area (Å²) < 4.78 is 10.9. The molecule has 0 radical (unpaired) electrons. The average Bonchev–Trinajstić information content (AvgIpc) is 2.94. The minimum atomic E-state index is -0.209. The summed E-state index contributed by atoms with van der Waals surface area (Å²) in [6.45, 7) is 5.43. The van der Waals surface area contributed by atoms with E-state index in [1.165, 1.54) is 12.7 Å². The van der Waals surface area contributed by atoms with Crippen LogP contribution in [0.3, 0.4) is 0 Å². The second kappa shape index (κ2) is 15.8.